The highest BCUT2D eigenvalue weighted by Crippen LogP contribution is 2.29. The minimum absolute atomic E-state index is 0.730. The van der Waals surface area contributed by atoms with Gasteiger partial charge in [-0.1, -0.05) is 91.0 Å². The Bertz CT molecular complexity index is 1330. The monoisotopic (exact) mass is 511 g/mol. The van der Waals surface area contributed by atoms with E-state index in [1.54, 1.807) is 0 Å². The van der Waals surface area contributed by atoms with E-state index in [0.29, 0.717) is 0 Å². The van der Waals surface area contributed by atoms with E-state index in [9.17, 15) is 0 Å². The Hall–Kier alpha value is -3.51. The Labute approximate surface area is 208 Å². The van der Waals surface area contributed by atoms with Crippen LogP contribution in [0, 0.1) is 0 Å². The zero-order valence-corrected chi connectivity index (χ0v) is 20.7. The van der Waals surface area contributed by atoms with Crippen LogP contribution in [-0.2, 0) is 33.0 Å². The van der Waals surface area contributed by atoms with Gasteiger partial charge in [0, 0.05) is 26.6 Å². The highest BCUT2D eigenvalue weighted by atomic mass is 79.9. The molecule has 5 aromatic rings. The van der Waals surface area contributed by atoms with Crippen molar-refractivity contribution in [2.45, 2.75) is 25.9 Å². The zero-order valence-electron chi connectivity index (χ0n) is 19.1. The lowest BCUT2D eigenvalue weighted by Crippen LogP contribution is -2.24. The maximum atomic E-state index is 5.08. The molecule has 5 nitrogen and oxygen atoms in total. The predicted molar refractivity (Wildman–Crippen MR) is 141 cm³/mol. The van der Waals surface area contributed by atoms with E-state index in [4.69, 9.17) is 15.0 Å². The summed E-state index contributed by atoms with van der Waals surface area (Å²) < 4.78 is 2.73. The van der Waals surface area contributed by atoms with Crippen LogP contribution in [0.4, 0.5) is 5.82 Å². The molecule has 0 aliphatic heterocycles. The lowest BCUT2D eigenvalue weighted by atomic mass is 10.1. The molecule has 170 valence electrons. The molecule has 5 rings (SSSR count). The number of imidazole rings is 1. The van der Waals surface area contributed by atoms with Gasteiger partial charge in [0.2, 0.25) is 0 Å². The first-order valence-electron chi connectivity index (χ1n) is 11.4. The number of benzene rings is 3. The van der Waals surface area contributed by atoms with Gasteiger partial charge in [-0.2, -0.15) is 0 Å². The van der Waals surface area contributed by atoms with E-state index in [2.05, 4.69) is 93.6 Å². The molecule has 2 heterocycles. The molecule has 0 radical (unpaired) electrons. The third-order valence-corrected chi connectivity index (χ3v) is 6.61. The van der Waals surface area contributed by atoms with E-state index in [1.165, 1.54) is 16.7 Å². The Morgan fingerprint density at radius 1 is 0.676 bits per heavy atom. The van der Waals surface area contributed by atoms with Crippen molar-refractivity contribution in [1.82, 2.24) is 19.5 Å². The van der Waals surface area contributed by atoms with Crippen LogP contribution in [-0.4, -0.2) is 19.5 Å². The first-order valence-corrected chi connectivity index (χ1v) is 12.2. The van der Waals surface area contributed by atoms with Crippen molar-refractivity contribution in [2.75, 3.05) is 4.90 Å². The van der Waals surface area contributed by atoms with Gasteiger partial charge in [0.1, 0.15) is 5.82 Å². The van der Waals surface area contributed by atoms with Crippen LogP contribution in [0.15, 0.2) is 95.7 Å². The second kappa shape index (κ2) is 10.2. The molecular weight excluding hydrogens is 486 g/mol. The molecule has 0 bridgehead atoms. The highest BCUT2D eigenvalue weighted by molar-refractivity contribution is 9.10. The molecule has 0 saturated carbocycles. The van der Waals surface area contributed by atoms with Crippen LogP contribution >= 0.6 is 15.9 Å². The van der Waals surface area contributed by atoms with E-state index in [1.807, 2.05) is 29.8 Å². The second-order valence-electron chi connectivity index (χ2n) is 8.39. The topological polar surface area (TPSA) is 46.8 Å². The summed E-state index contributed by atoms with van der Waals surface area (Å²) in [5.74, 6) is 1.69. The standard InChI is InChI=1S/C28H26BrN5/c1-33-26-25(32-28(33)29)27(31-24(30-26)18-17-21-11-5-2-6-12-21)34(19-22-13-7-3-8-14-22)20-23-15-9-4-10-16-23/h2-16H,17-20H2,1H3. The number of fused-ring (bicyclic) bond motifs is 1. The minimum Gasteiger partial charge on any atom is -0.346 e. The van der Waals surface area contributed by atoms with Crippen LogP contribution in [0.25, 0.3) is 11.2 Å². The summed E-state index contributed by atoms with van der Waals surface area (Å²) in [5.41, 5.74) is 5.39. The number of hydrogen-bond donors (Lipinski definition) is 0. The maximum Gasteiger partial charge on any atom is 0.179 e. The lowest BCUT2D eigenvalue weighted by Gasteiger charge is -2.25. The fourth-order valence-corrected chi connectivity index (χ4v) is 4.46. The minimum atomic E-state index is 0.730. The average Bonchev–Trinajstić information content (AvgIpc) is 3.17. The largest absolute Gasteiger partial charge is 0.346 e. The molecule has 6 heteroatoms. The number of halogens is 1. The molecule has 0 fully saturated rings. The SMILES string of the molecule is Cn1c(Br)nc2c(N(Cc3ccccc3)Cc3ccccc3)nc(CCc3ccccc3)nc21. The van der Waals surface area contributed by atoms with Crippen LogP contribution < -0.4 is 4.90 Å². The number of aromatic nitrogens is 4. The van der Waals surface area contributed by atoms with Gasteiger partial charge in [0.15, 0.2) is 21.7 Å². The van der Waals surface area contributed by atoms with Gasteiger partial charge >= 0.3 is 0 Å². The van der Waals surface area contributed by atoms with Crippen molar-refractivity contribution < 1.29 is 0 Å². The molecule has 0 saturated heterocycles. The predicted octanol–water partition coefficient (Wildman–Crippen LogP) is 6.12. The van der Waals surface area contributed by atoms with E-state index < -0.39 is 0 Å². The van der Waals surface area contributed by atoms with Crippen molar-refractivity contribution in [1.29, 1.82) is 0 Å². The molecule has 0 spiro atoms. The Morgan fingerprint density at radius 2 is 1.21 bits per heavy atom. The Kier molecular flexibility index (Phi) is 6.67. The van der Waals surface area contributed by atoms with Gasteiger partial charge in [-0.25, -0.2) is 15.0 Å². The van der Waals surface area contributed by atoms with Crippen molar-refractivity contribution in [2.24, 2.45) is 7.05 Å². The van der Waals surface area contributed by atoms with Gasteiger partial charge in [-0.3, -0.25) is 0 Å². The summed E-state index contributed by atoms with van der Waals surface area (Å²) >= 11 is 3.59. The molecule has 0 aliphatic carbocycles. The second-order valence-corrected chi connectivity index (χ2v) is 9.10. The molecule has 34 heavy (non-hydrogen) atoms. The molecule has 0 atom stereocenters. The molecular formula is C28H26BrN5. The third-order valence-electron chi connectivity index (χ3n) is 5.90. The zero-order chi connectivity index (χ0) is 23.3. The van der Waals surface area contributed by atoms with Gasteiger partial charge in [0.05, 0.1) is 0 Å². The average molecular weight is 512 g/mol. The number of aryl methyl sites for hydroxylation is 3. The molecule has 0 aliphatic rings. The number of anilines is 1. The van der Waals surface area contributed by atoms with Crippen LogP contribution in [0.1, 0.15) is 22.5 Å². The van der Waals surface area contributed by atoms with Gasteiger partial charge in [0.25, 0.3) is 0 Å². The summed E-state index contributed by atoms with van der Waals surface area (Å²) in [4.78, 5) is 17.1. The molecule has 0 unspecified atom stereocenters. The fourth-order valence-electron chi connectivity index (χ4n) is 4.11. The molecule has 0 N–H and O–H groups in total. The normalized spacial score (nSPS) is 11.1. The summed E-state index contributed by atoms with van der Waals surface area (Å²) in [6.07, 6.45) is 1.66. The molecule has 2 aromatic heterocycles. The Morgan fingerprint density at radius 3 is 1.76 bits per heavy atom. The van der Waals surface area contributed by atoms with Gasteiger partial charge in [-0.05, 0) is 39.0 Å². The molecule has 3 aromatic carbocycles. The van der Waals surface area contributed by atoms with Crippen LogP contribution in [0.3, 0.4) is 0 Å². The summed E-state index contributed by atoms with van der Waals surface area (Å²) in [5, 5.41) is 0. The van der Waals surface area contributed by atoms with E-state index >= 15 is 0 Å². The smallest absolute Gasteiger partial charge is 0.179 e. The lowest BCUT2D eigenvalue weighted by molar-refractivity contribution is 0.768. The quantitative estimate of drug-likeness (QED) is 0.235. The third kappa shape index (κ3) is 5.02. The van der Waals surface area contributed by atoms with Crippen molar-refractivity contribution >= 4 is 32.9 Å². The van der Waals surface area contributed by atoms with Gasteiger partial charge in [-0.15, -0.1) is 0 Å². The number of nitrogens with zero attached hydrogens (tertiary/aromatic N) is 5. The van der Waals surface area contributed by atoms with Crippen molar-refractivity contribution in [3.8, 4) is 0 Å². The first kappa shape index (κ1) is 22.3. The maximum absolute atomic E-state index is 5.08. The summed E-state index contributed by atoms with van der Waals surface area (Å²) in [6, 6.07) is 31.5. The number of hydrogen-bond acceptors (Lipinski definition) is 4. The van der Waals surface area contributed by atoms with Crippen molar-refractivity contribution in [3.63, 3.8) is 0 Å². The van der Waals surface area contributed by atoms with E-state index in [0.717, 1.165) is 53.5 Å². The first-order chi connectivity index (χ1) is 16.7. The number of rotatable bonds is 8. The Balaban J connectivity index is 1.57. The van der Waals surface area contributed by atoms with Crippen molar-refractivity contribution in [3.05, 3.63) is 118 Å². The fraction of sp³-hybridized carbons (Fsp3) is 0.179. The summed E-state index contributed by atoms with van der Waals surface area (Å²) in [7, 11) is 1.98. The highest BCUT2D eigenvalue weighted by Gasteiger charge is 2.20. The molecule has 0 amide bonds. The van der Waals surface area contributed by atoms with E-state index in [-0.39, 0.29) is 0 Å². The van der Waals surface area contributed by atoms with Crippen LogP contribution in [0.5, 0.6) is 0 Å². The van der Waals surface area contributed by atoms with Crippen LogP contribution in [0.2, 0.25) is 0 Å². The summed E-state index contributed by atoms with van der Waals surface area (Å²) in [6.45, 7) is 1.46. The van der Waals surface area contributed by atoms with Gasteiger partial charge < -0.3 is 9.47 Å².